The number of halogens is 2. The highest BCUT2D eigenvalue weighted by Gasteiger charge is 2.49. The Kier molecular flexibility index (Phi) is 3.96. The van der Waals surface area contributed by atoms with Gasteiger partial charge in [-0.3, -0.25) is 9.69 Å². The zero-order valence-corrected chi connectivity index (χ0v) is 11.6. The van der Waals surface area contributed by atoms with Crippen LogP contribution >= 0.6 is 11.6 Å². The van der Waals surface area contributed by atoms with Crippen LogP contribution in [0.15, 0.2) is 18.2 Å². The van der Waals surface area contributed by atoms with Gasteiger partial charge in [-0.15, -0.1) is 0 Å². The summed E-state index contributed by atoms with van der Waals surface area (Å²) >= 11 is 5.96. The van der Waals surface area contributed by atoms with Crippen molar-refractivity contribution in [3.05, 3.63) is 34.6 Å². The number of aliphatic hydroxyl groups excluding tert-OH is 1. The van der Waals surface area contributed by atoms with E-state index in [9.17, 15) is 14.0 Å². The Morgan fingerprint density at radius 3 is 2.75 bits per heavy atom. The molecule has 0 saturated carbocycles. The summed E-state index contributed by atoms with van der Waals surface area (Å²) in [5, 5.41) is 11.4. The molecular weight excluding hydrogens is 287 g/mol. The number of rotatable bonds is 4. The molecule has 1 aromatic carbocycles. The number of hydrogen-bond donors (Lipinski definition) is 2. The average molecular weight is 301 g/mol. The minimum Gasteiger partial charge on any atom is -0.396 e. The molecule has 0 bridgehead atoms. The lowest BCUT2D eigenvalue weighted by atomic mass is 9.92. The van der Waals surface area contributed by atoms with Gasteiger partial charge in [0.05, 0.1) is 0 Å². The third kappa shape index (κ3) is 2.36. The molecule has 1 fully saturated rings. The highest BCUT2D eigenvalue weighted by atomic mass is 35.5. The normalized spacial score (nSPS) is 22.3. The quantitative estimate of drug-likeness (QED) is 0.830. The van der Waals surface area contributed by atoms with E-state index in [1.165, 1.54) is 19.1 Å². The van der Waals surface area contributed by atoms with Gasteiger partial charge in [0.25, 0.3) is 5.91 Å². The maximum absolute atomic E-state index is 13.1. The predicted octanol–water partition coefficient (Wildman–Crippen LogP) is 1.63. The third-order valence-electron chi connectivity index (χ3n) is 3.28. The van der Waals surface area contributed by atoms with Crippen LogP contribution in [-0.2, 0) is 10.3 Å². The Morgan fingerprint density at radius 2 is 2.15 bits per heavy atom. The number of benzene rings is 1. The molecule has 0 radical (unpaired) electrons. The zero-order valence-electron chi connectivity index (χ0n) is 10.8. The van der Waals surface area contributed by atoms with Crippen molar-refractivity contribution in [2.45, 2.75) is 18.9 Å². The third-order valence-corrected chi connectivity index (χ3v) is 3.60. The van der Waals surface area contributed by atoms with Crippen molar-refractivity contribution in [3.63, 3.8) is 0 Å². The molecule has 7 heteroatoms. The van der Waals surface area contributed by atoms with Crippen LogP contribution in [0.4, 0.5) is 9.18 Å². The predicted molar refractivity (Wildman–Crippen MR) is 70.7 cm³/mol. The van der Waals surface area contributed by atoms with E-state index >= 15 is 0 Å². The first-order valence-corrected chi connectivity index (χ1v) is 6.48. The van der Waals surface area contributed by atoms with E-state index in [1.807, 2.05) is 0 Å². The molecule has 2 N–H and O–H groups in total. The maximum atomic E-state index is 13.1. The fraction of sp³-hybridized carbons (Fsp3) is 0.385. The molecule has 3 amide bonds. The van der Waals surface area contributed by atoms with Gasteiger partial charge < -0.3 is 10.4 Å². The molecular formula is C13H14ClFN2O3. The van der Waals surface area contributed by atoms with Gasteiger partial charge in [0.1, 0.15) is 11.4 Å². The summed E-state index contributed by atoms with van der Waals surface area (Å²) in [5.74, 6) is -0.985. The molecule has 20 heavy (non-hydrogen) atoms. The summed E-state index contributed by atoms with van der Waals surface area (Å²) in [5.41, 5.74) is -0.984. The highest BCUT2D eigenvalue weighted by molar-refractivity contribution is 6.32. The van der Waals surface area contributed by atoms with E-state index < -0.39 is 23.3 Å². The second-order valence-electron chi connectivity index (χ2n) is 4.71. The van der Waals surface area contributed by atoms with Crippen molar-refractivity contribution in [2.75, 3.05) is 13.2 Å². The second kappa shape index (κ2) is 5.38. The van der Waals surface area contributed by atoms with Crippen molar-refractivity contribution in [3.8, 4) is 0 Å². The Bertz CT molecular complexity index is 567. The lowest BCUT2D eigenvalue weighted by Crippen LogP contribution is -2.41. The van der Waals surface area contributed by atoms with Crippen LogP contribution in [-0.4, -0.2) is 35.1 Å². The lowest BCUT2D eigenvalue weighted by Gasteiger charge is -2.23. The number of imide groups is 1. The molecule has 2 rings (SSSR count). The van der Waals surface area contributed by atoms with Gasteiger partial charge in [-0.25, -0.2) is 9.18 Å². The first kappa shape index (κ1) is 14.7. The highest BCUT2D eigenvalue weighted by Crippen LogP contribution is 2.33. The number of hydrogen-bond acceptors (Lipinski definition) is 3. The first-order valence-electron chi connectivity index (χ1n) is 6.10. The number of carbonyl (C=O) groups excluding carboxylic acids is 2. The number of amides is 3. The molecule has 1 aliphatic rings. The minimum atomic E-state index is -1.32. The molecule has 1 saturated heterocycles. The van der Waals surface area contributed by atoms with Crippen molar-refractivity contribution in [1.29, 1.82) is 0 Å². The van der Waals surface area contributed by atoms with Crippen molar-refractivity contribution < 1.29 is 19.1 Å². The number of nitrogens with zero attached hydrogens (tertiary/aromatic N) is 1. The van der Waals surface area contributed by atoms with Crippen LogP contribution in [0.1, 0.15) is 18.9 Å². The number of aliphatic hydroxyl groups is 1. The molecule has 0 aliphatic carbocycles. The van der Waals surface area contributed by atoms with Crippen molar-refractivity contribution in [2.24, 2.45) is 0 Å². The topological polar surface area (TPSA) is 69.6 Å². The van der Waals surface area contributed by atoms with Crippen molar-refractivity contribution >= 4 is 23.5 Å². The Balaban J connectivity index is 2.35. The van der Waals surface area contributed by atoms with Gasteiger partial charge >= 0.3 is 6.03 Å². The molecule has 5 nitrogen and oxygen atoms in total. The summed E-state index contributed by atoms with van der Waals surface area (Å²) in [6, 6.07) is 3.11. The van der Waals surface area contributed by atoms with E-state index in [1.54, 1.807) is 0 Å². The van der Waals surface area contributed by atoms with Crippen LogP contribution in [0.5, 0.6) is 0 Å². The van der Waals surface area contributed by atoms with Gasteiger partial charge in [0.15, 0.2) is 0 Å². The van der Waals surface area contributed by atoms with Gasteiger partial charge in [-0.05, 0) is 25.5 Å². The summed E-state index contributed by atoms with van der Waals surface area (Å²) in [4.78, 5) is 25.3. The van der Waals surface area contributed by atoms with Gasteiger partial charge in [-0.2, -0.15) is 0 Å². The molecule has 1 aromatic rings. The average Bonchev–Trinajstić information content (AvgIpc) is 2.59. The van der Waals surface area contributed by atoms with E-state index in [4.69, 9.17) is 16.7 Å². The lowest BCUT2D eigenvalue weighted by molar-refractivity contribution is -0.131. The molecule has 0 aromatic heterocycles. The second-order valence-corrected chi connectivity index (χ2v) is 5.12. The largest absolute Gasteiger partial charge is 0.396 e. The number of carbonyl (C=O) groups is 2. The summed E-state index contributed by atoms with van der Waals surface area (Å²) in [6.45, 7) is 1.52. The van der Waals surface area contributed by atoms with E-state index in [-0.39, 0.29) is 18.2 Å². The standard InChI is InChI=1S/C13H14ClFN2O3/c1-13(9-4-3-8(15)7-10(9)14)11(19)17(5-2-6-18)12(20)16-13/h3-4,7,18H,2,5-6H2,1H3,(H,16,20). The Hall–Kier alpha value is -1.66. The first-order chi connectivity index (χ1) is 9.40. The molecule has 1 heterocycles. The summed E-state index contributed by atoms with van der Waals surface area (Å²) in [6.07, 6.45) is 0.298. The number of nitrogens with one attached hydrogen (secondary N) is 1. The summed E-state index contributed by atoms with van der Waals surface area (Å²) in [7, 11) is 0. The van der Waals surface area contributed by atoms with Gasteiger partial charge in [0, 0.05) is 23.7 Å². The van der Waals surface area contributed by atoms with Gasteiger partial charge in [0.2, 0.25) is 0 Å². The van der Waals surface area contributed by atoms with Crippen LogP contribution in [0.3, 0.4) is 0 Å². The molecule has 1 aliphatic heterocycles. The van der Waals surface area contributed by atoms with Crippen LogP contribution in [0, 0.1) is 5.82 Å². The maximum Gasteiger partial charge on any atom is 0.325 e. The smallest absolute Gasteiger partial charge is 0.325 e. The fourth-order valence-electron chi connectivity index (χ4n) is 2.21. The van der Waals surface area contributed by atoms with E-state index in [0.717, 1.165) is 11.0 Å². The SMILES string of the molecule is CC1(c2ccc(F)cc2Cl)NC(=O)N(CCCO)C1=O. The van der Waals surface area contributed by atoms with Crippen LogP contribution in [0.2, 0.25) is 5.02 Å². The zero-order chi connectivity index (χ0) is 14.9. The van der Waals surface area contributed by atoms with Crippen molar-refractivity contribution in [1.82, 2.24) is 10.2 Å². The van der Waals surface area contributed by atoms with Gasteiger partial charge in [-0.1, -0.05) is 17.7 Å². The molecule has 0 spiro atoms. The molecule has 108 valence electrons. The monoisotopic (exact) mass is 300 g/mol. The number of urea groups is 1. The Labute approximate surface area is 120 Å². The van der Waals surface area contributed by atoms with E-state index in [2.05, 4.69) is 5.32 Å². The van der Waals surface area contributed by atoms with E-state index in [0.29, 0.717) is 12.0 Å². The molecule has 1 unspecified atom stereocenters. The summed E-state index contributed by atoms with van der Waals surface area (Å²) < 4.78 is 13.1. The van der Waals surface area contributed by atoms with Crippen LogP contribution in [0.25, 0.3) is 0 Å². The minimum absolute atomic E-state index is 0.0742. The Morgan fingerprint density at radius 1 is 1.45 bits per heavy atom. The fourth-order valence-corrected chi connectivity index (χ4v) is 2.56. The van der Waals surface area contributed by atoms with Crippen LogP contribution < -0.4 is 5.32 Å². The molecule has 1 atom stereocenters.